The highest BCUT2D eigenvalue weighted by molar-refractivity contribution is 5.91. The van der Waals surface area contributed by atoms with Crippen molar-refractivity contribution >= 4 is 35.8 Å². The van der Waals surface area contributed by atoms with E-state index in [1.54, 1.807) is 39.0 Å². The lowest BCUT2D eigenvalue weighted by Gasteiger charge is -2.21. The fourth-order valence-electron chi connectivity index (χ4n) is 1.89. The minimum atomic E-state index is -3.07. The van der Waals surface area contributed by atoms with Crippen molar-refractivity contribution in [1.29, 1.82) is 0 Å². The smallest absolute Gasteiger partial charge is 0.377 e. The number of aliphatic hydroxyl groups is 1. The average molecular weight is 522 g/mol. The summed E-state index contributed by atoms with van der Waals surface area (Å²) in [5.74, 6) is -8.22. The van der Waals surface area contributed by atoms with Crippen LogP contribution >= 0.6 is 0 Å². The molecule has 0 aromatic rings. The van der Waals surface area contributed by atoms with Crippen LogP contribution in [-0.2, 0) is 58.1 Å². The van der Waals surface area contributed by atoms with E-state index < -0.39 is 54.3 Å². The minimum Gasteiger partial charge on any atom is -0.377 e. The maximum absolute atomic E-state index is 12.3. The van der Waals surface area contributed by atoms with Crippen LogP contribution in [0.25, 0.3) is 0 Å². The second kappa shape index (κ2) is 18.5. The van der Waals surface area contributed by atoms with Gasteiger partial charge in [-0.15, -0.1) is 0 Å². The molecule has 0 spiro atoms. The highest BCUT2D eigenvalue weighted by Gasteiger charge is 2.46. The Morgan fingerprint density at radius 1 is 0.541 bits per heavy atom. The zero-order chi connectivity index (χ0) is 28.1. The molecule has 13 heteroatoms. The van der Waals surface area contributed by atoms with Gasteiger partial charge >= 0.3 is 35.8 Å². The Hall–Kier alpha value is -4.78. The number of carbonyl (C=O) groups is 6. The van der Waals surface area contributed by atoms with E-state index in [2.05, 4.69) is 29.3 Å². The number of hydrogen-bond donors (Lipinski definition) is 1. The maximum Gasteiger partial charge on any atom is 0.387 e. The fraction of sp³-hybridized carbons (Fsp3) is 0.250. The summed E-state index contributed by atoms with van der Waals surface area (Å²) in [6.45, 7) is 5.02. The van der Waals surface area contributed by atoms with Gasteiger partial charge in [0.1, 0.15) is 0 Å². The summed E-state index contributed by atoms with van der Waals surface area (Å²) in [4.78, 5) is 96.0. The van der Waals surface area contributed by atoms with Gasteiger partial charge in [0.2, 0.25) is 0 Å². The van der Waals surface area contributed by atoms with E-state index in [1.807, 2.05) is 0 Å². The first-order chi connectivity index (χ1) is 17.6. The molecule has 0 radical (unpaired) electrons. The highest BCUT2D eigenvalue weighted by atomic mass is 17.2. The summed E-state index contributed by atoms with van der Waals surface area (Å²) in [5, 5.41) is 10.6. The molecular weight excluding hydrogens is 496 g/mol. The maximum atomic E-state index is 12.3. The number of allylic oxidation sites excluding steroid dienone is 9. The molecule has 1 N–H and O–H groups in total. The molecular formula is C24H26O13. The Morgan fingerprint density at radius 2 is 0.865 bits per heavy atom. The molecule has 0 heterocycles. The molecule has 13 nitrogen and oxygen atoms in total. The van der Waals surface area contributed by atoms with E-state index in [4.69, 9.17) is 0 Å². The number of rotatable bonds is 11. The summed E-state index contributed by atoms with van der Waals surface area (Å²) >= 11 is 0. The normalized spacial score (nSPS) is 12.0. The van der Waals surface area contributed by atoms with Crippen LogP contribution in [0.3, 0.4) is 0 Å². The van der Waals surface area contributed by atoms with Crippen molar-refractivity contribution in [3.8, 4) is 0 Å². The first-order valence-corrected chi connectivity index (χ1v) is 10.4. The molecule has 0 saturated carbocycles. The summed E-state index contributed by atoms with van der Waals surface area (Å²) < 4.78 is 0. The van der Waals surface area contributed by atoms with Crippen molar-refractivity contribution in [1.82, 2.24) is 0 Å². The number of carbonyl (C=O) groups excluding carboxylic acids is 6. The van der Waals surface area contributed by atoms with E-state index in [9.17, 15) is 33.9 Å². The lowest BCUT2D eigenvalue weighted by molar-refractivity contribution is -0.276. The zero-order valence-corrected chi connectivity index (χ0v) is 20.2. The van der Waals surface area contributed by atoms with Gasteiger partial charge in [0.15, 0.2) is 5.60 Å². The Morgan fingerprint density at radius 3 is 1.19 bits per heavy atom. The lowest BCUT2D eigenvalue weighted by Crippen LogP contribution is -2.45. The van der Waals surface area contributed by atoms with Crippen LogP contribution in [0.15, 0.2) is 72.9 Å². The summed E-state index contributed by atoms with van der Waals surface area (Å²) in [7, 11) is 0. The molecule has 0 fully saturated rings. The van der Waals surface area contributed by atoms with E-state index in [-0.39, 0.29) is 0 Å². The molecule has 0 aromatic carbocycles. The van der Waals surface area contributed by atoms with E-state index >= 15 is 0 Å². The van der Waals surface area contributed by atoms with Crippen LogP contribution in [0.1, 0.15) is 33.6 Å². The first kappa shape index (κ1) is 32.2. The van der Waals surface area contributed by atoms with Gasteiger partial charge in [-0.1, -0.05) is 54.7 Å². The van der Waals surface area contributed by atoms with Crippen LogP contribution < -0.4 is 0 Å². The SMILES string of the molecule is C/C=C/C=C/C(=O)OOC(=O)CC(O)(CC(=O)OOC(=O)/C=C/C=C/C)C(=O)OOC(=O)/C=C/C=C/C. The van der Waals surface area contributed by atoms with Crippen LogP contribution in [0.2, 0.25) is 0 Å². The Bertz CT molecular complexity index is 944. The van der Waals surface area contributed by atoms with E-state index in [0.29, 0.717) is 0 Å². The van der Waals surface area contributed by atoms with Gasteiger partial charge in [-0.25, -0.2) is 58.1 Å². The van der Waals surface area contributed by atoms with Crippen molar-refractivity contribution in [2.45, 2.75) is 39.2 Å². The molecule has 0 rings (SSSR count). The van der Waals surface area contributed by atoms with Gasteiger partial charge in [0.25, 0.3) is 0 Å². The van der Waals surface area contributed by atoms with Gasteiger partial charge in [0.05, 0.1) is 12.8 Å². The average Bonchev–Trinajstić information content (AvgIpc) is 2.85. The summed E-state index contributed by atoms with van der Waals surface area (Å²) in [6.07, 6.45) is 12.9. The van der Waals surface area contributed by atoms with Gasteiger partial charge in [-0.05, 0) is 20.8 Å². The molecule has 200 valence electrons. The van der Waals surface area contributed by atoms with Crippen molar-refractivity contribution in [2.24, 2.45) is 0 Å². The Labute approximate surface area is 211 Å². The van der Waals surface area contributed by atoms with Crippen LogP contribution in [0.5, 0.6) is 0 Å². The van der Waals surface area contributed by atoms with E-state index in [0.717, 1.165) is 18.2 Å². The predicted molar refractivity (Wildman–Crippen MR) is 123 cm³/mol. The monoisotopic (exact) mass is 522 g/mol. The highest BCUT2D eigenvalue weighted by Crippen LogP contribution is 2.20. The largest absolute Gasteiger partial charge is 0.387 e. The van der Waals surface area contributed by atoms with Gasteiger partial charge in [-0.2, -0.15) is 0 Å². The molecule has 0 amide bonds. The zero-order valence-electron chi connectivity index (χ0n) is 20.2. The van der Waals surface area contributed by atoms with Crippen molar-refractivity contribution in [2.75, 3.05) is 0 Å². The van der Waals surface area contributed by atoms with Crippen molar-refractivity contribution < 1.29 is 63.2 Å². The molecule has 0 atom stereocenters. The molecule has 0 bridgehead atoms. The molecule has 0 unspecified atom stereocenters. The second-order valence-electron chi connectivity index (χ2n) is 6.53. The fourth-order valence-corrected chi connectivity index (χ4v) is 1.89. The molecule has 37 heavy (non-hydrogen) atoms. The summed E-state index contributed by atoms with van der Waals surface area (Å²) in [6, 6.07) is 0. The van der Waals surface area contributed by atoms with Gasteiger partial charge in [0, 0.05) is 18.2 Å². The van der Waals surface area contributed by atoms with Gasteiger partial charge < -0.3 is 5.11 Å². The second-order valence-corrected chi connectivity index (χ2v) is 6.53. The Balaban J connectivity index is 5.34. The third-order valence-electron chi connectivity index (χ3n) is 3.49. The molecule has 0 aromatic heterocycles. The van der Waals surface area contributed by atoms with Crippen molar-refractivity contribution in [3.63, 3.8) is 0 Å². The Kier molecular flexibility index (Phi) is 16.1. The third-order valence-corrected chi connectivity index (χ3v) is 3.49. The van der Waals surface area contributed by atoms with Crippen molar-refractivity contribution in [3.05, 3.63) is 72.9 Å². The number of hydrogen-bond acceptors (Lipinski definition) is 13. The predicted octanol–water partition coefficient (Wildman–Crippen LogP) is 1.90. The van der Waals surface area contributed by atoms with Gasteiger partial charge in [-0.3, -0.25) is 0 Å². The van der Waals surface area contributed by atoms with E-state index in [1.165, 1.54) is 36.5 Å². The van der Waals surface area contributed by atoms with Crippen LogP contribution in [-0.4, -0.2) is 46.5 Å². The molecule has 0 saturated heterocycles. The standard InChI is InChI=1S/C24H26O13/c1-4-7-10-13-18(25)32-35-21(28)16-24(31,23(30)37-34-20(27)15-12-9-6-3)17-22(29)36-33-19(26)14-11-8-5-2/h4-15,31H,16-17H2,1-3H3/b7-4+,8-5+,9-6+,13-10+,14-11+,15-12+. The minimum absolute atomic E-state index is 0.857. The quantitative estimate of drug-likeness (QED) is 0.180. The lowest BCUT2D eigenvalue weighted by atomic mass is 9.96. The molecule has 0 aliphatic heterocycles. The molecule has 0 aliphatic carbocycles. The topological polar surface area (TPSA) is 178 Å². The third kappa shape index (κ3) is 15.7. The van der Waals surface area contributed by atoms with Crippen LogP contribution in [0, 0.1) is 0 Å². The molecule has 0 aliphatic rings. The first-order valence-electron chi connectivity index (χ1n) is 10.4. The summed E-state index contributed by atoms with van der Waals surface area (Å²) in [5.41, 5.74) is -3.07. The van der Waals surface area contributed by atoms with Crippen LogP contribution in [0.4, 0.5) is 0 Å².